The largest absolute Gasteiger partial charge is 0.480 e. The molecule has 0 aliphatic rings. The van der Waals surface area contributed by atoms with Crippen molar-refractivity contribution in [2.75, 3.05) is 0 Å². The molecule has 1 heterocycles. The van der Waals surface area contributed by atoms with Crippen molar-refractivity contribution < 1.29 is 23.1 Å². The topological polar surface area (TPSA) is 62.5 Å². The van der Waals surface area contributed by atoms with Crippen LogP contribution in [0.3, 0.4) is 0 Å². The van der Waals surface area contributed by atoms with Crippen LogP contribution in [0.1, 0.15) is 23.1 Å². The summed E-state index contributed by atoms with van der Waals surface area (Å²) < 4.78 is 29.6. The highest BCUT2D eigenvalue weighted by Crippen LogP contribution is 2.21. The number of carboxylic acid groups (broad SMARTS) is 1. The summed E-state index contributed by atoms with van der Waals surface area (Å²) in [4.78, 5) is 11.3. The fourth-order valence-electron chi connectivity index (χ4n) is 1.94. The Hall–Kier alpha value is -1.86. The minimum Gasteiger partial charge on any atom is -0.480 e. The molecule has 1 atom stereocenters. The minimum atomic E-state index is -2.44. The summed E-state index contributed by atoms with van der Waals surface area (Å²) in [5.41, 5.74) is 0.634. The van der Waals surface area contributed by atoms with Gasteiger partial charge < -0.3 is 9.52 Å². The monoisotopic (exact) mass is 327 g/mol. The molecule has 118 valence electrons. The molecule has 0 aliphatic heterocycles. The van der Waals surface area contributed by atoms with Gasteiger partial charge in [-0.15, -0.1) is 0 Å². The van der Waals surface area contributed by atoms with Gasteiger partial charge in [0.2, 0.25) is 0 Å². The zero-order chi connectivity index (χ0) is 15.9. The summed E-state index contributed by atoms with van der Waals surface area (Å²) in [6, 6.07) is 11.2. The van der Waals surface area contributed by atoms with Crippen molar-refractivity contribution in [2.45, 2.75) is 24.1 Å². The van der Waals surface area contributed by atoms with Crippen LogP contribution in [0.15, 0.2) is 46.9 Å². The number of alkyl halides is 2. The number of halogens is 2. The second-order valence-corrected chi connectivity index (χ2v) is 5.48. The Labute approximate surface area is 130 Å². The van der Waals surface area contributed by atoms with Crippen molar-refractivity contribution in [1.29, 1.82) is 0 Å². The molecule has 0 radical (unpaired) electrons. The number of aliphatic carboxylic acids is 1. The van der Waals surface area contributed by atoms with E-state index in [1.165, 1.54) is 0 Å². The van der Waals surface area contributed by atoms with E-state index in [0.29, 0.717) is 28.8 Å². The first-order chi connectivity index (χ1) is 10.6. The lowest BCUT2D eigenvalue weighted by atomic mass is 10.1. The second kappa shape index (κ2) is 7.95. The standard InChI is InChI=1S/C15H15F2NO3S/c16-15(17)22-9-12-7-6-11(21-12)8-18-13(14(19)20)10-4-2-1-3-5-10/h1-7,13,15,18H,8-9H2,(H,19,20)/t13-/m0/s1. The van der Waals surface area contributed by atoms with Crippen LogP contribution in [0.25, 0.3) is 0 Å². The molecule has 1 aromatic heterocycles. The number of hydrogen-bond acceptors (Lipinski definition) is 4. The highest BCUT2D eigenvalue weighted by molar-refractivity contribution is 7.98. The van der Waals surface area contributed by atoms with Crippen LogP contribution in [0, 0.1) is 0 Å². The predicted molar refractivity (Wildman–Crippen MR) is 79.7 cm³/mol. The van der Waals surface area contributed by atoms with Crippen LogP contribution in [-0.2, 0) is 17.1 Å². The van der Waals surface area contributed by atoms with Gasteiger partial charge in [0.05, 0.1) is 12.3 Å². The van der Waals surface area contributed by atoms with Gasteiger partial charge in [0.15, 0.2) is 0 Å². The maximum absolute atomic E-state index is 12.1. The van der Waals surface area contributed by atoms with E-state index >= 15 is 0 Å². The lowest BCUT2D eigenvalue weighted by molar-refractivity contribution is -0.139. The smallest absolute Gasteiger partial charge is 0.325 e. The zero-order valence-electron chi connectivity index (χ0n) is 11.5. The molecular formula is C15H15F2NO3S. The molecule has 0 fully saturated rings. The quantitative estimate of drug-likeness (QED) is 0.775. The molecule has 0 aliphatic carbocycles. The van der Waals surface area contributed by atoms with Gasteiger partial charge in [-0.25, -0.2) is 0 Å². The van der Waals surface area contributed by atoms with Gasteiger partial charge in [0.25, 0.3) is 5.76 Å². The molecule has 2 aromatic rings. The van der Waals surface area contributed by atoms with Gasteiger partial charge >= 0.3 is 5.97 Å². The minimum absolute atomic E-state index is 0.0821. The van der Waals surface area contributed by atoms with Crippen LogP contribution < -0.4 is 5.32 Å². The Bertz CT molecular complexity index is 604. The van der Waals surface area contributed by atoms with Gasteiger partial charge in [0.1, 0.15) is 17.6 Å². The summed E-state index contributed by atoms with van der Waals surface area (Å²) in [5.74, 6) is -2.41. The molecule has 2 rings (SSSR count). The molecule has 0 spiro atoms. The van der Waals surface area contributed by atoms with Crippen LogP contribution in [0.2, 0.25) is 0 Å². The predicted octanol–water partition coefficient (Wildman–Crippen LogP) is 3.65. The molecule has 7 heteroatoms. The summed E-state index contributed by atoms with van der Waals surface area (Å²) >= 11 is 0.482. The summed E-state index contributed by atoms with van der Waals surface area (Å²) in [6.07, 6.45) is 0. The number of carboxylic acids is 1. The lowest BCUT2D eigenvalue weighted by Crippen LogP contribution is -2.27. The molecule has 0 amide bonds. The Morgan fingerprint density at radius 3 is 2.50 bits per heavy atom. The first-order valence-corrected chi connectivity index (χ1v) is 7.59. The Balaban J connectivity index is 1.94. The maximum Gasteiger partial charge on any atom is 0.325 e. The van der Waals surface area contributed by atoms with Crippen molar-refractivity contribution in [2.24, 2.45) is 0 Å². The van der Waals surface area contributed by atoms with Crippen LogP contribution in [0.5, 0.6) is 0 Å². The van der Waals surface area contributed by atoms with E-state index in [4.69, 9.17) is 4.42 Å². The SMILES string of the molecule is O=C(O)[C@@H](NCc1ccc(CSC(F)F)o1)c1ccccc1. The highest BCUT2D eigenvalue weighted by Gasteiger charge is 2.19. The van der Waals surface area contributed by atoms with Gasteiger partial charge in [-0.2, -0.15) is 8.78 Å². The van der Waals surface area contributed by atoms with Crippen molar-refractivity contribution in [3.63, 3.8) is 0 Å². The molecule has 4 nitrogen and oxygen atoms in total. The number of carbonyl (C=O) groups is 1. The summed E-state index contributed by atoms with van der Waals surface area (Å²) in [7, 11) is 0. The van der Waals surface area contributed by atoms with Crippen molar-refractivity contribution in [1.82, 2.24) is 5.32 Å². The van der Waals surface area contributed by atoms with Gasteiger partial charge in [-0.05, 0) is 17.7 Å². The third kappa shape index (κ3) is 4.85. The summed E-state index contributed by atoms with van der Waals surface area (Å²) in [5, 5.41) is 12.2. The van der Waals surface area contributed by atoms with E-state index in [-0.39, 0.29) is 12.3 Å². The summed E-state index contributed by atoms with van der Waals surface area (Å²) in [6.45, 7) is 0.200. The van der Waals surface area contributed by atoms with Crippen molar-refractivity contribution >= 4 is 17.7 Å². The van der Waals surface area contributed by atoms with E-state index in [2.05, 4.69) is 5.32 Å². The van der Waals surface area contributed by atoms with Gasteiger partial charge in [-0.1, -0.05) is 42.1 Å². The normalized spacial score (nSPS) is 12.5. The van der Waals surface area contributed by atoms with E-state index in [0.717, 1.165) is 0 Å². The number of hydrogen-bond donors (Lipinski definition) is 2. The van der Waals surface area contributed by atoms with E-state index < -0.39 is 17.8 Å². The van der Waals surface area contributed by atoms with Crippen LogP contribution in [0.4, 0.5) is 8.78 Å². The molecule has 1 aromatic carbocycles. The molecule has 0 unspecified atom stereocenters. The van der Waals surface area contributed by atoms with Gasteiger partial charge in [-0.3, -0.25) is 10.1 Å². The number of thioether (sulfide) groups is 1. The average molecular weight is 327 g/mol. The number of benzene rings is 1. The Morgan fingerprint density at radius 2 is 1.86 bits per heavy atom. The van der Waals surface area contributed by atoms with Crippen LogP contribution >= 0.6 is 11.8 Å². The first kappa shape index (κ1) is 16.5. The molecule has 0 bridgehead atoms. The van der Waals surface area contributed by atoms with Crippen molar-refractivity contribution in [3.05, 3.63) is 59.5 Å². The average Bonchev–Trinajstić information content (AvgIpc) is 2.94. The Kier molecular flexibility index (Phi) is 5.97. The zero-order valence-corrected chi connectivity index (χ0v) is 12.4. The van der Waals surface area contributed by atoms with Crippen molar-refractivity contribution in [3.8, 4) is 0 Å². The number of rotatable bonds is 8. The molecule has 0 saturated heterocycles. The fraction of sp³-hybridized carbons (Fsp3) is 0.267. The highest BCUT2D eigenvalue weighted by atomic mass is 32.2. The Morgan fingerprint density at radius 1 is 1.18 bits per heavy atom. The maximum atomic E-state index is 12.1. The van der Waals surface area contributed by atoms with E-state index in [1.54, 1.807) is 36.4 Å². The molecule has 2 N–H and O–H groups in total. The lowest BCUT2D eigenvalue weighted by Gasteiger charge is -2.13. The van der Waals surface area contributed by atoms with E-state index in [9.17, 15) is 18.7 Å². The van der Waals surface area contributed by atoms with Gasteiger partial charge in [0, 0.05) is 0 Å². The third-order valence-corrected chi connectivity index (χ3v) is 3.63. The fourth-order valence-corrected chi connectivity index (χ4v) is 2.38. The first-order valence-electron chi connectivity index (χ1n) is 6.54. The number of furan rings is 1. The van der Waals surface area contributed by atoms with E-state index in [1.807, 2.05) is 6.07 Å². The molecule has 0 saturated carbocycles. The second-order valence-electron chi connectivity index (χ2n) is 4.50. The molecular weight excluding hydrogens is 312 g/mol. The van der Waals surface area contributed by atoms with Crippen LogP contribution in [-0.4, -0.2) is 16.8 Å². The number of nitrogens with one attached hydrogen (secondary N) is 1. The third-order valence-electron chi connectivity index (χ3n) is 2.93. The molecule has 22 heavy (non-hydrogen) atoms.